The van der Waals surface area contributed by atoms with Gasteiger partial charge in [-0.15, -0.1) is 10.2 Å². The molecule has 0 atom stereocenters. The summed E-state index contributed by atoms with van der Waals surface area (Å²) in [5, 5.41) is 10.4. The molecule has 1 heterocycles. The van der Waals surface area contributed by atoms with E-state index in [-0.39, 0.29) is 17.4 Å². The molecule has 0 amide bonds. The van der Waals surface area contributed by atoms with Gasteiger partial charge in [0.1, 0.15) is 5.69 Å². The van der Waals surface area contributed by atoms with Crippen molar-refractivity contribution in [2.75, 3.05) is 18.2 Å². The third-order valence-corrected chi connectivity index (χ3v) is 2.63. The first kappa shape index (κ1) is 8.98. The lowest BCUT2D eigenvalue weighted by molar-refractivity contribution is 0.401. The summed E-state index contributed by atoms with van der Waals surface area (Å²) in [7, 11) is 1.65. The van der Waals surface area contributed by atoms with Gasteiger partial charge in [0, 0.05) is 13.0 Å². The molecule has 0 radical (unpaired) electrons. The Labute approximate surface area is 81.1 Å². The molecule has 0 spiro atoms. The van der Waals surface area contributed by atoms with Crippen LogP contribution in [0.5, 0.6) is 0 Å². The molecule has 0 unspecified atom stereocenters. The molecule has 6 nitrogen and oxygen atoms in total. The molecule has 0 aromatic carbocycles. The minimum Gasteiger partial charge on any atom is -0.356 e. The molecule has 1 aromatic heterocycles. The van der Waals surface area contributed by atoms with Gasteiger partial charge >= 0.3 is 0 Å². The maximum absolute atomic E-state index is 11.7. The molecule has 1 aromatic rings. The summed E-state index contributed by atoms with van der Waals surface area (Å²) < 4.78 is 1.01. The highest BCUT2D eigenvalue weighted by atomic mass is 16.1. The molecule has 76 valence electrons. The van der Waals surface area contributed by atoms with Gasteiger partial charge in [-0.1, -0.05) is 6.42 Å². The van der Waals surface area contributed by atoms with Crippen LogP contribution >= 0.6 is 0 Å². The van der Waals surface area contributed by atoms with E-state index < -0.39 is 0 Å². The number of hydrogen-bond acceptors (Lipinski definition) is 5. The van der Waals surface area contributed by atoms with Gasteiger partial charge in [-0.25, -0.2) is 0 Å². The highest BCUT2D eigenvalue weighted by molar-refractivity contribution is 5.24. The van der Waals surface area contributed by atoms with Crippen molar-refractivity contribution in [3.63, 3.8) is 0 Å². The molecule has 2 rings (SSSR count). The van der Waals surface area contributed by atoms with Gasteiger partial charge in [0.2, 0.25) is 5.95 Å². The Bertz CT molecular complexity index is 395. The van der Waals surface area contributed by atoms with Crippen molar-refractivity contribution in [1.29, 1.82) is 0 Å². The van der Waals surface area contributed by atoms with Crippen molar-refractivity contribution in [2.24, 2.45) is 0 Å². The Morgan fingerprint density at radius 2 is 2.21 bits per heavy atom. The maximum atomic E-state index is 11.7. The van der Waals surface area contributed by atoms with Crippen LogP contribution in [0.2, 0.25) is 0 Å². The number of anilines is 1. The van der Waals surface area contributed by atoms with Gasteiger partial charge in [0.05, 0.1) is 0 Å². The lowest BCUT2D eigenvalue weighted by Gasteiger charge is -2.23. The van der Waals surface area contributed by atoms with Gasteiger partial charge < -0.3 is 11.2 Å². The van der Waals surface area contributed by atoms with Crippen molar-refractivity contribution in [3.8, 4) is 0 Å². The van der Waals surface area contributed by atoms with Crippen LogP contribution < -0.4 is 16.7 Å². The largest absolute Gasteiger partial charge is 0.356 e. The Balaban J connectivity index is 2.43. The van der Waals surface area contributed by atoms with E-state index in [1.165, 1.54) is 0 Å². The van der Waals surface area contributed by atoms with Crippen LogP contribution in [0.1, 0.15) is 30.9 Å². The highest BCUT2D eigenvalue weighted by Crippen LogP contribution is 2.33. The second-order valence-corrected chi connectivity index (χ2v) is 3.46. The Morgan fingerprint density at radius 3 is 2.71 bits per heavy atom. The SMILES string of the molecule is CNc1nnc(C2CCC2)c(=O)n1N. The Morgan fingerprint density at radius 1 is 1.50 bits per heavy atom. The van der Waals surface area contributed by atoms with Crippen LogP contribution in [0.25, 0.3) is 0 Å². The second-order valence-electron chi connectivity index (χ2n) is 3.46. The number of rotatable bonds is 2. The van der Waals surface area contributed by atoms with E-state index >= 15 is 0 Å². The maximum Gasteiger partial charge on any atom is 0.295 e. The van der Waals surface area contributed by atoms with Crippen LogP contribution in [0, 0.1) is 0 Å². The molecule has 1 fully saturated rings. The number of nitrogens with zero attached hydrogens (tertiary/aromatic N) is 3. The lowest BCUT2D eigenvalue weighted by atomic mass is 9.83. The first-order chi connectivity index (χ1) is 6.74. The topological polar surface area (TPSA) is 85.8 Å². The number of nitrogen functional groups attached to an aromatic ring is 1. The summed E-state index contributed by atoms with van der Waals surface area (Å²) in [5.74, 6) is 6.10. The van der Waals surface area contributed by atoms with Crippen molar-refractivity contribution in [3.05, 3.63) is 16.0 Å². The highest BCUT2D eigenvalue weighted by Gasteiger charge is 2.25. The van der Waals surface area contributed by atoms with Crippen LogP contribution in [0.15, 0.2) is 4.79 Å². The number of aromatic nitrogens is 3. The molecule has 3 N–H and O–H groups in total. The molecule has 0 bridgehead atoms. The van der Waals surface area contributed by atoms with Crippen LogP contribution in [-0.2, 0) is 0 Å². The summed E-state index contributed by atoms with van der Waals surface area (Å²) in [6.45, 7) is 0. The summed E-state index contributed by atoms with van der Waals surface area (Å²) in [6, 6.07) is 0. The Hall–Kier alpha value is -1.59. The molecule has 1 saturated carbocycles. The molecule has 0 saturated heterocycles. The normalized spacial score (nSPS) is 16.4. The predicted molar refractivity (Wildman–Crippen MR) is 52.6 cm³/mol. The van der Waals surface area contributed by atoms with Crippen molar-refractivity contribution in [2.45, 2.75) is 25.2 Å². The van der Waals surface area contributed by atoms with Crippen molar-refractivity contribution >= 4 is 5.95 Å². The van der Waals surface area contributed by atoms with Gasteiger partial charge in [-0.05, 0) is 12.8 Å². The van der Waals surface area contributed by atoms with Crippen molar-refractivity contribution < 1.29 is 0 Å². The lowest BCUT2D eigenvalue weighted by Crippen LogP contribution is -2.36. The van der Waals surface area contributed by atoms with Gasteiger partial charge in [-0.2, -0.15) is 4.68 Å². The molecule has 1 aliphatic carbocycles. The zero-order chi connectivity index (χ0) is 10.1. The number of nitrogens with two attached hydrogens (primary N) is 1. The van der Waals surface area contributed by atoms with E-state index in [1.54, 1.807) is 7.05 Å². The first-order valence-corrected chi connectivity index (χ1v) is 4.66. The zero-order valence-corrected chi connectivity index (χ0v) is 8.03. The average molecular weight is 195 g/mol. The number of nitrogens with one attached hydrogen (secondary N) is 1. The smallest absolute Gasteiger partial charge is 0.295 e. The van der Waals surface area contributed by atoms with Crippen LogP contribution in [0.3, 0.4) is 0 Å². The standard InChI is InChI=1S/C8H13N5O/c1-10-8-12-11-6(5-3-2-4-5)7(14)13(8)9/h5H,2-4,9H2,1H3,(H,10,12). The quantitative estimate of drug-likeness (QED) is 0.630. The fourth-order valence-electron chi connectivity index (χ4n) is 1.52. The summed E-state index contributed by atoms with van der Waals surface area (Å²) >= 11 is 0. The Kier molecular flexibility index (Phi) is 2.11. The van der Waals surface area contributed by atoms with E-state index in [4.69, 9.17) is 5.84 Å². The third-order valence-electron chi connectivity index (χ3n) is 2.63. The van der Waals surface area contributed by atoms with E-state index in [2.05, 4.69) is 15.5 Å². The van der Waals surface area contributed by atoms with E-state index in [0.29, 0.717) is 5.69 Å². The average Bonchev–Trinajstić information content (AvgIpc) is 2.10. The molecular formula is C8H13N5O. The molecule has 1 aliphatic rings. The minimum atomic E-state index is -0.242. The second kappa shape index (κ2) is 3.28. The first-order valence-electron chi connectivity index (χ1n) is 4.66. The van der Waals surface area contributed by atoms with E-state index in [0.717, 1.165) is 23.9 Å². The minimum absolute atomic E-state index is 0.242. The molecule has 14 heavy (non-hydrogen) atoms. The van der Waals surface area contributed by atoms with Crippen LogP contribution in [0.4, 0.5) is 5.95 Å². The summed E-state index contributed by atoms with van der Waals surface area (Å²) in [5.41, 5.74) is 0.256. The van der Waals surface area contributed by atoms with Crippen LogP contribution in [-0.4, -0.2) is 21.9 Å². The number of hydrogen-bond donors (Lipinski definition) is 2. The predicted octanol–water partition coefficient (Wildman–Crippen LogP) is -0.339. The molecular weight excluding hydrogens is 182 g/mol. The fourth-order valence-corrected chi connectivity index (χ4v) is 1.52. The third kappa shape index (κ3) is 1.23. The summed E-state index contributed by atoms with van der Waals surface area (Å²) in [6.07, 6.45) is 3.19. The monoisotopic (exact) mass is 195 g/mol. The van der Waals surface area contributed by atoms with E-state index in [1.807, 2.05) is 0 Å². The van der Waals surface area contributed by atoms with Gasteiger partial charge in [0.25, 0.3) is 5.56 Å². The van der Waals surface area contributed by atoms with Gasteiger partial charge in [0.15, 0.2) is 0 Å². The fraction of sp³-hybridized carbons (Fsp3) is 0.625. The van der Waals surface area contributed by atoms with Crippen molar-refractivity contribution in [1.82, 2.24) is 14.9 Å². The van der Waals surface area contributed by atoms with Gasteiger partial charge in [-0.3, -0.25) is 4.79 Å². The zero-order valence-electron chi connectivity index (χ0n) is 8.03. The molecule has 6 heteroatoms. The van der Waals surface area contributed by atoms with E-state index in [9.17, 15) is 4.79 Å². The molecule has 0 aliphatic heterocycles. The summed E-state index contributed by atoms with van der Waals surface area (Å²) in [4.78, 5) is 11.7.